The molecule has 4 heteroatoms. The van der Waals surface area contributed by atoms with Crippen LogP contribution in [0.5, 0.6) is 0 Å². The zero-order valence-corrected chi connectivity index (χ0v) is 51.3. The Balaban J connectivity index is 0.000000134. The number of fused-ring (bicyclic) bond motifs is 18. The van der Waals surface area contributed by atoms with E-state index in [-0.39, 0.29) is 0 Å². The first-order valence-corrected chi connectivity index (χ1v) is 32.4. The summed E-state index contributed by atoms with van der Waals surface area (Å²) in [6, 6.07) is 128. The van der Waals surface area contributed by atoms with E-state index in [1.807, 2.05) is 0 Å². The Hall–Kier alpha value is -12.5. The van der Waals surface area contributed by atoms with E-state index in [1.54, 1.807) is 0 Å². The fourth-order valence-corrected chi connectivity index (χ4v) is 15.4. The van der Waals surface area contributed by atoms with Crippen molar-refractivity contribution >= 4 is 120 Å². The van der Waals surface area contributed by atoms with E-state index >= 15 is 0 Å². The minimum atomic E-state index is 1.15. The molecule has 4 heterocycles. The van der Waals surface area contributed by atoms with Crippen LogP contribution in [-0.2, 0) is 0 Å². The second kappa shape index (κ2) is 21.6. The van der Waals surface area contributed by atoms with Crippen LogP contribution in [0.15, 0.2) is 352 Å². The van der Waals surface area contributed by atoms with Gasteiger partial charge in [0.05, 0.1) is 44.1 Å². The maximum absolute atomic E-state index is 2.43. The van der Waals surface area contributed by atoms with Crippen molar-refractivity contribution in [1.29, 1.82) is 0 Å². The molecule has 16 aromatic carbocycles. The van der Waals surface area contributed by atoms with Gasteiger partial charge in [-0.1, -0.05) is 243 Å². The molecule has 0 saturated heterocycles. The van der Waals surface area contributed by atoms with E-state index in [1.165, 1.54) is 170 Å². The molecule has 0 fully saturated rings. The largest absolute Gasteiger partial charge is 0.309 e. The number of hydrogen-bond acceptors (Lipinski definition) is 0. The summed E-state index contributed by atoms with van der Waals surface area (Å²) in [6.07, 6.45) is 0. The number of rotatable bonds is 7. The van der Waals surface area contributed by atoms with Crippen LogP contribution in [0.1, 0.15) is 0 Å². The highest BCUT2D eigenvalue weighted by Gasteiger charge is 2.20. The number of aromatic nitrogens is 4. The van der Waals surface area contributed by atoms with Crippen molar-refractivity contribution in [2.24, 2.45) is 0 Å². The average Bonchev–Trinajstić information content (AvgIpc) is 1.46. The summed E-state index contributed by atoms with van der Waals surface area (Å²) in [5.41, 5.74) is 21.6. The van der Waals surface area contributed by atoms with Gasteiger partial charge in [0, 0.05) is 65.8 Å². The quantitative estimate of drug-likeness (QED) is 0.142. The van der Waals surface area contributed by atoms with Gasteiger partial charge in [0.2, 0.25) is 0 Å². The first-order valence-electron chi connectivity index (χ1n) is 32.4. The van der Waals surface area contributed by atoms with Crippen molar-refractivity contribution in [3.8, 4) is 56.1 Å². The summed E-state index contributed by atoms with van der Waals surface area (Å²) in [7, 11) is 0. The van der Waals surface area contributed by atoms with Gasteiger partial charge in [-0.25, -0.2) is 0 Å². The molecule has 0 aliphatic rings. The Morgan fingerprint density at radius 2 is 0.351 bits per heavy atom. The van der Waals surface area contributed by atoms with Crippen molar-refractivity contribution in [2.75, 3.05) is 0 Å². The molecule has 438 valence electrons. The fourth-order valence-electron chi connectivity index (χ4n) is 15.4. The second-order valence-corrected chi connectivity index (χ2v) is 24.7. The highest BCUT2D eigenvalue weighted by atomic mass is 15.0. The lowest BCUT2D eigenvalue weighted by Crippen LogP contribution is -1.96. The molecule has 20 aromatic rings. The lowest BCUT2D eigenvalue weighted by atomic mass is 9.94. The number of benzene rings is 16. The topological polar surface area (TPSA) is 19.7 Å². The predicted molar refractivity (Wildman–Crippen MR) is 399 cm³/mol. The molecule has 0 aliphatic heterocycles. The van der Waals surface area contributed by atoms with Gasteiger partial charge >= 0.3 is 0 Å². The average molecular weight is 1200 g/mol. The first-order chi connectivity index (χ1) is 46.6. The van der Waals surface area contributed by atoms with E-state index in [9.17, 15) is 0 Å². The Bertz CT molecular complexity index is 6290. The Morgan fingerprint density at radius 3 is 0.734 bits per heavy atom. The second-order valence-electron chi connectivity index (χ2n) is 24.7. The van der Waals surface area contributed by atoms with Crippen LogP contribution in [0.4, 0.5) is 0 Å². The van der Waals surface area contributed by atoms with Crippen molar-refractivity contribution in [1.82, 2.24) is 18.3 Å². The number of nitrogens with zero attached hydrogens (tertiary/aromatic N) is 4. The van der Waals surface area contributed by atoms with Gasteiger partial charge in [-0.15, -0.1) is 0 Å². The van der Waals surface area contributed by atoms with Gasteiger partial charge in [-0.05, 0) is 175 Å². The summed E-state index contributed by atoms with van der Waals surface area (Å²) in [5, 5.41) is 17.9. The molecule has 0 atom stereocenters. The van der Waals surface area contributed by atoms with Crippen LogP contribution in [0.2, 0.25) is 0 Å². The minimum absolute atomic E-state index is 1.15. The lowest BCUT2D eigenvalue weighted by molar-refractivity contribution is 1.17. The highest BCUT2D eigenvalue weighted by Crippen LogP contribution is 2.42. The Kier molecular flexibility index (Phi) is 12.3. The van der Waals surface area contributed by atoms with E-state index < -0.39 is 0 Å². The van der Waals surface area contributed by atoms with Crippen molar-refractivity contribution < 1.29 is 0 Å². The number of para-hydroxylation sites is 6. The molecule has 4 aromatic heterocycles. The third-order valence-electron chi connectivity index (χ3n) is 19.6. The molecule has 0 unspecified atom stereocenters. The summed E-state index contributed by atoms with van der Waals surface area (Å²) in [4.78, 5) is 0. The van der Waals surface area contributed by atoms with Crippen LogP contribution in [-0.4, -0.2) is 18.3 Å². The predicted octanol–water partition coefficient (Wildman–Crippen LogP) is 24.2. The van der Waals surface area contributed by atoms with Gasteiger partial charge in [0.15, 0.2) is 0 Å². The van der Waals surface area contributed by atoms with E-state index in [0.717, 1.165) is 5.69 Å². The van der Waals surface area contributed by atoms with Crippen LogP contribution >= 0.6 is 0 Å². The molecule has 94 heavy (non-hydrogen) atoms. The van der Waals surface area contributed by atoms with Gasteiger partial charge in [0.25, 0.3) is 0 Å². The summed E-state index contributed by atoms with van der Waals surface area (Å²) < 4.78 is 9.66. The molecule has 0 amide bonds. The minimum Gasteiger partial charge on any atom is -0.309 e. The SMILES string of the molecule is c1ccc(-c2cccc(-c3cccc(-c4cccc(-n5c6ccccc6c6cc(-n7c8ccccc8c8ccccc87)ccc65)c4)c3)c2)cc1.c1ccc2c(c1)c1ccccc1c1cc(-n3c4ccccc4c4cc(-n5c6ccccc6c6ccccc65)ccc43)ccc21. The third kappa shape index (κ3) is 8.47. The zero-order valence-electron chi connectivity index (χ0n) is 51.3. The normalized spacial score (nSPS) is 11.8. The lowest BCUT2D eigenvalue weighted by Gasteiger charge is -2.14. The Morgan fingerprint density at radius 1 is 0.117 bits per heavy atom. The summed E-state index contributed by atoms with van der Waals surface area (Å²) in [5.74, 6) is 0. The maximum atomic E-state index is 2.43. The monoisotopic (exact) mass is 1190 g/mol. The van der Waals surface area contributed by atoms with Crippen LogP contribution in [0.3, 0.4) is 0 Å². The van der Waals surface area contributed by atoms with Crippen LogP contribution in [0, 0.1) is 0 Å². The molecule has 0 radical (unpaired) electrons. The Labute approximate surface area is 542 Å². The van der Waals surface area contributed by atoms with Gasteiger partial charge in [0.1, 0.15) is 0 Å². The van der Waals surface area contributed by atoms with E-state index in [4.69, 9.17) is 0 Å². The molecular formula is C90H58N4. The van der Waals surface area contributed by atoms with Gasteiger partial charge in [-0.3, -0.25) is 0 Å². The van der Waals surface area contributed by atoms with Gasteiger partial charge < -0.3 is 18.3 Å². The molecule has 4 nitrogen and oxygen atoms in total. The van der Waals surface area contributed by atoms with E-state index in [2.05, 4.69) is 370 Å². The summed E-state index contributed by atoms with van der Waals surface area (Å²) >= 11 is 0. The highest BCUT2D eigenvalue weighted by molar-refractivity contribution is 6.26. The third-order valence-corrected chi connectivity index (χ3v) is 19.6. The molecule has 0 saturated carbocycles. The van der Waals surface area contributed by atoms with Crippen LogP contribution in [0.25, 0.3) is 176 Å². The fraction of sp³-hybridized carbons (Fsp3) is 0. The zero-order chi connectivity index (χ0) is 61.8. The standard InChI is InChI=1S/C48H32N2.C42H26N2/c1-2-13-33(14-3-1)34-15-10-16-35(29-34)36-17-11-18-37(30-36)38-19-12-20-39(31-38)49-47-26-9-6-23-43(47)44-32-40(27-28-48(44)49)50-45-24-7-4-21-41(45)42-22-5-8-25-46(42)50;1-2-13-31-29(11-1)30-12-3-4-14-32(30)37-25-27(21-23-33(31)37)44-41-20-10-7-17-36(41)38-26-28(22-24-42(38)44)43-39-18-8-5-15-34(39)35-16-6-9-19-40(35)43/h1-32H;1-26H. The van der Waals surface area contributed by atoms with Gasteiger partial charge in [-0.2, -0.15) is 0 Å². The first kappa shape index (κ1) is 53.3. The molecule has 0 N–H and O–H groups in total. The smallest absolute Gasteiger partial charge is 0.0542 e. The van der Waals surface area contributed by atoms with Crippen molar-refractivity contribution in [3.63, 3.8) is 0 Å². The molecule has 20 rings (SSSR count). The molecule has 0 aliphatic carbocycles. The molecular weight excluding hydrogens is 1140 g/mol. The van der Waals surface area contributed by atoms with Crippen molar-refractivity contribution in [2.45, 2.75) is 0 Å². The summed E-state index contributed by atoms with van der Waals surface area (Å²) in [6.45, 7) is 0. The van der Waals surface area contributed by atoms with Crippen molar-refractivity contribution in [3.05, 3.63) is 352 Å². The van der Waals surface area contributed by atoms with Crippen LogP contribution < -0.4 is 0 Å². The molecule has 0 bridgehead atoms. The molecule has 0 spiro atoms. The number of hydrogen-bond donors (Lipinski definition) is 0. The van der Waals surface area contributed by atoms with E-state index in [0.29, 0.717) is 0 Å². The maximum Gasteiger partial charge on any atom is 0.0542 e.